The number of halogens is 1. The van der Waals surface area contributed by atoms with E-state index in [2.05, 4.69) is 22.5 Å². The van der Waals surface area contributed by atoms with Crippen molar-refractivity contribution in [1.82, 2.24) is 15.5 Å². The van der Waals surface area contributed by atoms with Gasteiger partial charge >= 0.3 is 0 Å². The summed E-state index contributed by atoms with van der Waals surface area (Å²) in [6.45, 7) is 4.56. The molecule has 2 aliphatic heterocycles. The SMILES string of the molecule is CC1CCC(F)C2CC(C(=O)NC3CCCC(N4CCOC(CO)C4)C3)NC12. The van der Waals surface area contributed by atoms with Crippen LogP contribution < -0.4 is 10.6 Å². The van der Waals surface area contributed by atoms with E-state index >= 15 is 0 Å². The van der Waals surface area contributed by atoms with Crippen LogP contribution in [0.2, 0.25) is 0 Å². The number of alkyl halides is 1. The van der Waals surface area contributed by atoms with E-state index in [0.717, 1.165) is 45.2 Å². The van der Waals surface area contributed by atoms with Gasteiger partial charge in [0, 0.05) is 37.1 Å². The van der Waals surface area contributed by atoms with E-state index in [1.54, 1.807) is 0 Å². The third-order valence-corrected chi connectivity index (χ3v) is 7.54. The topological polar surface area (TPSA) is 73.8 Å². The number of ether oxygens (including phenoxy) is 1. The first-order chi connectivity index (χ1) is 13.5. The Hall–Kier alpha value is -0.760. The van der Waals surface area contributed by atoms with Crippen molar-refractivity contribution in [1.29, 1.82) is 0 Å². The monoisotopic (exact) mass is 397 g/mol. The van der Waals surface area contributed by atoms with Gasteiger partial charge in [0.2, 0.25) is 5.91 Å². The number of nitrogens with one attached hydrogen (secondary N) is 2. The minimum Gasteiger partial charge on any atom is -0.394 e. The molecule has 8 unspecified atom stereocenters. The van der Waals surface area contributed by atoms with Gasteiger partial charge in [-0.1, -0.05) is 6.92 Å². The summed E-state index contributed by atoms with van der Waals surface area (Å²) in [5.74, 6) is 0.478. The molecule has 0 aromatic heterocycles. The zero-order chi connectivity index (χ0) is 19.7. The highest BCUT2D eigenvalue weighted by molar-refractivity contribution is 5.82. The number of morpholine rings is 1. The van der Waals surface area contributed by atoms with Gasteiger partial charge in [-0.05, 0) is 50.9 Å². The summed E-state index contributed by atoms with van der Waals surface area (Å²) in [6, 6.07) is 0.509. The van der Waals surface area contributed by atoms with Crippen molar-refractivity contribution in [3.8, 4) is 0 Å². The fourth-order valence-corrected chi connectivity index (χ4v) is 5.91. The van der Waals surface area contributed by atoms with Crippen molar-refractivity contribution in [2.45, 2.75) is 88.3 Å². The fraction of sp³-hybridized carbons (Fsp3) is 0.952. The second-order valence-corrected chi connectivity index (χ2v) is 9.41. The van der Waals surface area contributed by atoms with Crippen molar-refractivity contribution in [2.75, 3.05) is 26.3 Å². The van der Waals surface area contributed by atoms with Gasteiger partial charge in [-0.15, -0.1) is 0 Å². The van der Waals surface area contributed by atoms with Gasteiger partial charge in [-0.25, -0.2) is 4.39 Å². The number of carbonyl (C=O) groups excluding carboxylic acids is 1. The Bertz CT molecular complexity index is 533. The summed E-state index contributed by atoms with van der Waals surface area (Å²) in [7, 11) is 0. The Balaban J connectivity index is 1.30. The standard InChI is InChI=1S/C21H36FN3O3/c1-13-5-6-18(22)17-10-19(24-20(13)17)21(27)23-14-3-2-4-15(9-14)25-7-8-28-16(11-25)12-26/h13-20,24,26H,2-12H2,1H3,(H,23,27). The molecule has 0 aromatic rings. The van der Waals surface area contributed by atoms with E-state index in [9.17, 15) is 14.3 Å². The van der Waals surface area contributed by atoms with E-state index in [-0.39, 0.29) is 42.7 Å². The Labute approximate surface area is 167 Å². The second-order valence-electron chi connectivity index (χ2n) is 9.41. The van der Waals surface area contributed by atoms with Gasteiger partial charge in [-0.2, -0.15) is 0 Å². The highest BCUT2D eigenvalue weighted by atomic mass is 19.1. The van der Waals surface area contributed by atoms with E-state index < -0.39 is 6.17 Å². The van der Waals surface area contributed by atoms with Gasteiger partial charge in [0.25, 0.3) is 0 Å². The Morgan fingerprint density at radius 1 is 1.29 bits per heavy atom. The molecule has 4 aliphatic rings. The fourth-order valence-electron chi connectivity index (χ4n) is 5.91. The number of rotatable bonds is 4. The molecule has 0 spiro atoms. The van der Waals surface area contributed by atoms with Gasteiger partial charge in [0.1, 0.15) is 6.17 Å². The number of hydrogen-bond donors (Lipinski definition) is 3. The zero-order valence-electron chi connectivity index (χ0n) is 17.0. The van der Waals surface area contributed by atoms with Crippen LogP contribution in [-0.4, -0.2) is 78.7 Å². The molecular weight excluding hydrogens is 361 g/mol. The molecule has 2 aliphatic carbocycles. The quantitative estimate of drug-likeness (QED) is 0.665. The lowest BCUT2D eigenvalue weighted by Gasteiger charge is -2.41. The number of aliphatic hydroxyl groups excluding tert-OH is 1. The minimum atomic E-state index is -0.772. The summed E-state index contributed by atoms with van der Waals surface area (Å²) < 4.78 is 19.9. The third-order valence-electron chi connectivity index (χ3n) is 7.54. The van der Waals surface area contributed by atoms with Crippen LogP contribution in [0, 0.1) is 11.8 Å². The molecule has 0 radical (unpaired) electrons. The van der Waals surface area contributed by atoms with Crippen LogP contribution in [0.25, 0.3) is 0 Å². The predicted octanol–water partition coefficient (Wildman–Crippen LogP) is 1.22. The molecule has 8 atom stereocenters. The summed E-state index contributed by atoms with van der Waals surface area (Å²) >= 11 is 0. The van der Waals surface area contributed by atoms with E-state index in [0.29, 0.717) is 31.4 Å². The maximum atomic E-state index is 14.3. The smallest absolute Gasteiger partial charge is 0.237 e. The molecule has 2 saturated carbocycles. The molecular formula is C21H36FN3O3. The first kappa shape index (κ1) is 20.5. The average Bonchev–Trinajstić information content (AvgIpc) is 3.18. The lowest BCUT2D eigenvalue weighted by atomic mass is 9.77. The maximum Gasteiger partial charge on any atom is 0.237 e. The zero-order valence-corrected chi connectivity index (χ0v) is 17.0. The molecule has 1 amide bonds. The van der Waals surface area contributed by atoms with Gasteiger partial charge in [-0.3, -0.25) is 9.69 Å². The lowest BCUT2D eigenvalue weighted by Crippen LogP contribution is -2.54. The van der Waals surface area contributed by atoms with Crippen LogP contribution in [-0.2, 0) is 9.53 Å². The van der Waals surface area contributed by atoms with Gasteiger partial charge in [0.15, 0.2) is 0 Å². The summed E-state index contributed by atoms with van der Waals surface area (Å²) in [5, 5.41) is 16.1. The van der Waals surface area contributed by atoms with Crippen molar-refractivity contribution < 1.29 is 19.0 Å². The molecule has 28 heavy (non-hydrogen) atoms. The molecule has 4 fully saturated rings. The maximum absolute atomic E-state index is 14.3. The largest absolute Gasteiger partial charge is 0.394 e. The number of aliphatic hydroxyl groups is 1. The molecule has 0 aromatic carbocycles. The molecule has 2 heterocycles. The highest BCUT2D eigenvalue weighted by Crippen LogP contribution is 2.38. The summed E-state index contributed by atoms with van der Waals surface area (Å²) in [4.78, 5) is 15.3. The van der Waals surface area contributed by atoms with Crippen LogP contribution in [0.3, 0.4) is 0 Å². The number of carbonyl (C=O) groups is 1. The Kier molecular flexibility index (Phi) is 6.55. The summed E-state index contributed by atoms with van der Waals surface area (Å²) in [6.07, 6.45) is 5.50. The molecule has 4 rings (SSSR count). The molecule has 3 N–H and O–H groups in total. The highest BCUT2D eigenvalue weighted by Gasteiger charge is 2.46. The van der Waals surface area contributed by atoms with Crippen molar-refractivity contribution >= 4 is 5.91 Å². The Morgan fingerprint density at radius 2 is 2.14 bits per heavy atom. The number of amides is 1. The van der Waals surface area contributed by atoms with Crippen molar-refractivity contribution in [3.63, 3.8) is 0 Å². The molecule has 2 saturated heterocycles. The van der Waals surface area contributed by atoms with Crippen LogP contribution in [0.15, 0.2) is 0 Å². The molecule has 7 heteroatoms. The lowest BCUT2D eigenvalue weighted by molar-refractivity contribution is -0.124. The van der Waals surface area contributed by atoms with E-state index in [1.165, 1.54) is 0 Å². The first-order valence-corrected chi connectivity index (χ1v) is 11.2. The average molecular weight is 398 g/mol. The molecule has 160 valence electrons. The predicted molar refractivity (Wildman–Crippen MR) is 105 cm³/mol. The normalized spacial score (nSPS) is 44.8. The van der Waals surface area contributed by atoms with Crippen molar-refractivity contribution in [2.24, 2.45) is 11.8 Å². The van der Waals surface area contributed by atoms with Crippen LogP contribution in [0.4, 0.5) is 4.39 Å². The second kappa shape index (κ2) is 8.94. The first-order valence-electron chi connectivity index (χ1n) is 11.2. The molecule has 0 bridgehead atoms. The van der Waals surface area contributed by atoms with Gasteiger partial charge in [0.05, 0.1) is 25.4 Å². The van der Waals surface area contributed by atoms with E-state index in [4.69, 9.17) is 4.74 Å². The van der Waals surface area contributed by atoms with E-state index in [1.807, 2.05) is 0 Å². The van der Waals surface area contributed by atoms with Crippen LogP contribution in [0.1, 0.15) is 51.9 Å². The van der Waals surface area contributed by atoms with Gasteiger partial charge < -0.3 is 20.5 Å². The Morgan fingerprint density at radius 3 is 2.93 bits per heavy atom. The number of fused-ring (bicyclic) bond motifs is 1. The van der Waals surface area contributed by atoms with Crippen LogP contribution >= 0.6 is 0 Å². The van der Waals surface area contributed by atoms with Crippen LogP contribution in [0.5, 0.6) is 0 Å². The molecule has 6 nitrogen and oxygen atoms in total. The number of hydrogen-bond acceptors (Lipinski definition) is 5. The number of nitrogens with zero attached hydrogens (tertiary/aromatic N) is 1. The van der Waals surface area contributed by atoms with Crippen molar-refractivity contribution in [3.05, 3.63) is 0 Å². The minimum absolute atomic E-state index is 0.0117. The third kappa shape index (κ3) is 4.37. The summed E-state index contributed by atoms with van der Waals surface area (Å²) in [5.41, 5.74) is 0.